The molecule has 2 fully saturated rings. The second kappa shape index (κ2) is 6.35. The van der Waals surface area contributed by atoms with Gasteiger partial charge in [-0.15, -0.1) is 0 Å². The zero-order valence-corrected chi connectivity index (χ0v) is 13.7. The van der Waals surface area contributed by atoms with Crippen LogP contribution in [0.2, 0.25) is 0 Å². The first-order valence-corrected chi connectivity index (χ1v) is 9.08. The number of fused-ring (bicyclic) bond motifs is 2. The van der Waals surface area contributed by atoms with E-state index in [-0.39, 0.29) is 0 Å². The van der Waals surface area contributed by atoms with E-state index in [1.807, 2.05) is 0 Å². The van der Waals surface area contributed by atoms with Crippen molar-refractivity contribution >= 4 is 16.7 Å². The minimum absolute atomic E-state index is 0.330. The van der Waals surface area contributed by atoms with Crippen molar-refractivity contribution in [3.05, 3.63) is 48.0 Å². The number of likely N-dealkylation sites (tertiary alicyclic amines) is 1. The molecule has 2 nitrogen and oxygen atoms in total. The van der Waals surface area contributed by atoms with E-state index in [4.69, 9.17) is 0 Å². The van der Waals surface area contributed by atoms with Crippen LogP contribution >= 0.6 is 0 Å². The molecule has 2 aromatic carbocycles. The van der Waals surface area contributed by atoms with Crippen LogP contribution in [0.15, 0.2) is 42.5 Å². The Labute approximate surface area is 138 Å². The van der Waals surface area contributed by atoms with E-state index >= 15 is 0 Å². The van der Waals surface area contributed by atoms with Crippen LogP contribution in [0, 0.1) is 5.92 Å². The highest BCUT2D eigenvalue weighted by molar-refractivity contribution is 5.85. The summed E-state index contributed by atoms with van der Waals surface area (Å²) in [6, 6.07) is 15.3. The molecule has 4 rings (SSSR count). The lowest BCUT2D eigenvalue weighted by Crippen LogP contribution is -2.50. The molecule has 0 radical (unpaired) electrons. The van der Waals surface area contributed by atoms with Gasteiger partial charge in [-0.05, 0) is 47.9 Å². The Morgan fingerprint density at radius 3 is 2.65 bits per heavy atom. The zero-order chi connectivity index (χ0) is 15.6. The molecule has 1 aliphatic heterocycles. The lowest BCUT2D eigenvalue weighted by molar-refractivity contribution is -0.136. The monoisotopic (exact) mass is 307 g/mol. The predicted molar refractivity (Wildman–Crippen MR) is 94.3 cm³/mol. The topological polar surface area (TPSA) is 20.3 Å². The number of piperidine rings is 1. The molecule has 2 heteroatoms. The lowest BCUT2D eigenvalue weighted by atomic mass is 9.78. The van der Waals surface area contributed by atoms with E-state index in [0.717, 1.165) is 18.0 Å². The van der Waals surface area contributed by atoms with E-state index in [2.05, 4.69) is 47.4 Å². The van der Waals surface area contributed by atoms with E-state index in [1.165, 1.54) is 49.3 Å². The van der Waals surface area contributed by atoms with Crippen molar-refractivity contribution in [2.24, 2.45) is 5.92 Å². The van der Waals surface area contributed by atoms with Crippen molar-refractivity contribution in [1.82, 2.24) is 4.90 Å². The minimum atomic E-state index is 0.330. The summed E-state index contributed by atoms with van der Waals surface area (Å²) in [6.45, 7) is 0.966. The third-order valence-electron chi connectivity index (χ3n) is 5.73. The van der Waals surface area contributed by atoms with E-state index in [0.29, 0.717) is 18.4 Å². The molecule has 2 unspecified atom stereocenters. The van der Waals surface area contributed by atoms with Gasteiger partial charge in [-0.2, -0.15) is 0 Å². The van der Waals surface area contributed by atoms with Crippen molar-refractivity contribution < 1.29 is 4.79 Å². The van der Waals surface area contributed by atoms with Gasteiger partial charge in [-0.3, -0.25) is 4.79 Å². The molecule has 2 aliphatic rings. The highest BCUT2D eigenvalue weighted by atomic mass is 16.2. The predicted octanol–water partition coefficient (Wildman–Crippen LogP) is 4.56. The molecule has 120 valence electrons. The quantitative estimate of drug-likeness (QED) is 0.796. The lowest BCUT2D eigenvalue weighted by Gasteiger charge is -2.44. The molecule has 1 saturated carbocycles. The summed E-state index contributed by atoms with van der Waals surface area (Å²) in [5.74, 6) is 1.09. The van der Waals surface area contributed by atoms with Gasteiger partial charge in [-0.25, -0.2) is 0 Å². The summed E-state index contributed by atoms with van der Waals surface area (Å²) in [5.41, 5.74) is 1.15. The SMILES string of the molecule is O=C(Cc1ccc2ccccc2c1)N1CCCC2CCCCC21. The van der Waals surface area contributed by atoms with Crippen molar-refractivity contribution in [3.8, 4) is 0 Å². The molecule has 1 heterocycles. The molecular weight excluding hydrogens is 282 g/mol. The van der Waals surface area contributed by atoms with Crippen molar-refractivity contribution in [1.29, 1.82) is 0 Å². The normalized spacial score (nSPS) is 24.4. The molecule has 0 aromatic heterocycles. The molecule has 1 saturated heterocycles. The fourth-order valence-electron chi connectivity index (χ4n) is 4.56. The minimum Gasteiger partial charge on any atom is -0.339 e. The van der Waals surface area contributed by atoms with Gasteiger partial charge in [0.05, 0.1) is 6.42 Å². The van der Waals surface area contributed by atoms with Gasteiger partial charge in [0.2, 0.25) is 5.91 Å². The first-order valence-electron chi connectivity index (χ1n) is 9.08. The van der Waals surface area contributed by atoms with Crippen LogP contribution < -0.4 is 0 Å². The summed E-state index contributed by atoms with van der Waals surface area (Å²) in [6.07, 6.45) is 8.25. The number of carbonyl (C=O) groups is 1. The number of carbonyl (C=O) groups excluding carboxylic acids is 1. The number of hydrogen-bond acceptors (Lipinski definition) is 1. The van der Waals surface area contributed by atoms with Gasteiger partial charge >= 0.3 is 0 Å². The Morgan fingerprint density at radius 2 is 1.74 bits per heavy atom. The fourth-order valence-corrected chi connectivity index (χ4v) is 4.56. The highest BCUT2D eigenvalue weighted by Crippen LogP contribution is 2.35. The Morgan fingerprint density at radius 1 is 0.957 bits per heavy atom. The molecular formula is C21H25NO. The van der Waals surface area contributed by atoms with E-state index < -0.39 is 0 Å². The number of benzene rings is 2. The molecule has 0 N–H and O–H groups in total. The van der Waals surface area contributed by atoms with Gasteiger partial charge in [0.25, 0.3) is 0 Å². The molecule has 1 aliphatic carbocycles. The maximum atomic E-state index is 12.9. The van der Waals surface area contributed by atoms with Crippen LogP contribution in [0.25, 0.3) is 10.8 Å². The third-order valence-corrected chi connectivity index (χ3v) is 5.73. The van der Waals surface area contributed by atoms with Crippen molar-refractivity contribution in [3.63, 3.8) is 0 Å². The summed E-state index contributed by atoms with van der Waals surface area (Å²) < 4.78 is 0. The Bertz CT molecular complexity index is 706. The average molecular weight is 307 g/mol. The Kier molecular flexibility index (Phi) is 4.07. The van der Waals surface area contributed by atoms with Gasteiger partial charge < -0.3 is 4.90 Å². The smallest absolute Gasteiger partial charge is 0.227 e. The van der Waals surface area contributed by atoms with E-state index in [9.17, 15) is 4.79 Å². The second-order valence-corrected chi connectivity index (χ2v) is 7.20. The first-order chi connectivity index (χ1) is 11.3. The van der Waals surface area contributed by atoms with Gasteiger partial charge in [0.1, 0.15) is 0 Å². The molecule has 2 aromatic rings. The largest absolute Gasteiger partial charge is 0.339 e. The molecule has 0 bridgehead atoms. The maximum absolute atomic E-state index is 12.9. The van der Waals surface area contributed by atoms with Crippen LogP contribution in [0.4, 0.5) is 0 Å². The van der Waals surface area contributed by atoms with Crippen molar-refractivity contribution in [2.75, 3.05) is 6.54 Å². The van der Waals surface area contributed by atoms with Crippen molar-refractivity contribution in [2.45, 2.75) is 51.0 Å². The molecule has 0 spiro atoms. The summed E-state index contributed by atoms with van der Waals surface area (Å²) >= 11 is 0. The summed E-state index contributed by atoms with van der Waals surface area (Å²) in [7, 11) is 0. The number of nitrogens with zero attached hydrogens (tertiary/aromatic N) is 1. The Hall–Kier alpha value is -1.83. The standard InChI is InChI=1S/C21H25NO/c23-21(22-13-5-9-18-7-3-4-10-20(18)22)15-16-11-12-17-6-1-2-8-19(17)14-16/h1-2,6,8,11-12,14,18,20H,3-5,7,9-10,13,15H2. The Balaban J connectivity index is 1.51. The third kappa shape index (κ3) is 2.99. The second-order valence-electron chi connectivity index (χ2n) is 7.20. The number of amides is 1. The van der Waals surface area contributed by atoms with Crippen LogP contribution in [0.1, 0.15) is 44.1 Å². The molecule has 23 heavy (non-hydrogen) atoms. The fraction of sp³-hybridized carbons (Fsp3) is 0.476. The van der Waals surface area contributed by atoms with Gasteiger partial charge in [-0.1, -0.05) is 55.3 Å². The average Bonchev–Trinajstić information content (AvgIpc) is 2.61. The van der Waals surface area contributed by atoms with Gasteiger partial charge in [0.15, 0.2) is 0 Å². The van der Waals surface area contributed by atoms with Crippen LogP contribution in [-0.2, 0) is 11.2 Å². The van der Waals surface area contributed by atoms with Crippen LogP contribution in [-0.4, -0.2) is 23.4 Å². The first kappa shape index (κ1) is 14.7. The van der Waals surface area contributed by atoms with Crippen LogP contribution in [0.5, 0.6) is 0 Å². The van der Waals surface area contributed by atoms with Gasteiger partial charge in [0, 0.05) is 12.6 Å². The van der Waals surface area contributed by atoms with E-state index in [1.54, 1.807) is 0 Å². The summed E-state index contributed by atoms with van der Waals surface area (Å²) in [5, 5.41) is 2.47. The number of hydrogen-bond donors (Lipinski definition) is 0. The number of rotatable bonds is 2. The van der Waals surface area contributed by atoms with Crippen LogP contribution in [0.3, 0.4) is 0 Å². The molecule has 2 atom stereocenters. The maximum Gasteiger partial charge on any atom is 0.227 e. The molecule has 1 amide bonds. The zero-order valence-electron chi connectivity index (χ0n) is 13.7. The summed E-state index contributed by atoms with van der Waals surface area (Å²) in [4.78, 5) is 15.1. The highest BCUT2D eigenvalue weighted by Gasteiger charge is 2.35.